The molecule has 0 amide bonds. The van der Waals surface area contributed by atoms with Crippen LogP contribution >= 0.6 is 17.0 Å². The SMILES string of the molecule is CCc1cc2c(-c3cc(C(C)C)cc(C(C)C)c3)c(C(C)C)ccc2[cH-]1.CCc1cc2c(-c3cc(C(C)C)cc(C(C)C)c3)c(C(C)C)ccc2[cH-]1.C[Si]C.[Cl][Zr+2][Cl]. The van der Waals surface area contributed by atoms with Crippen molar-refractivity contribution >= 4 is 48.1 Å². The number of rotatable bonds is 10. The Balaban J connectivity index is 0.000000273. The quantitative estimate of drug-likeness (QED) is 0.0949. The van der Waals surface area contributed by atoms with Crippen LogP contribution in [0.15, 0.2) is 84.9 Å². The van der Waals surface area contributed by atoms with Gasteiger partial charge in [-0.1, -0.05) is 169 Å². The molecule has 0 aliphatic rings. The van der Waals surface area contributed by atoms with Crippen molar-refractivity contribution in [2.24, 2.45) is 0 Å². The fourth-order valence-corrected chi connectivity index (χ4v) is 7.71. The Labute approximate surface area is 376 Å². The molecule has 310 valence electrons. The van der Waals surface area contributed by atoms with Gasteiger partial charge in [0, 0.05) is 9.52 Å². The van der Waals surface area contributed by atoms with E-state index in [0.717, 1.165) is 22.4 Å². The van der Waals surface area contributed by atoms with E-state index in [9.17, 15) is 0 Å². The maximum atomic E-state index is 4.93. The van der Waals surface area contributed by atoms with Crippen LogP contribution in [-0.2, 0) is 33.7 Å². The molecule has 0 heterocycles. The van der Waals surface area contributed by atoms with Crippen LogP contribution < -0.4 is 0 Å². The first-order chi connectivity index (χ1) is 27.5. The first kappa shape index (κ1) is 50.1. The van der Waals surface area contributed by atoms with Crippen molar-refractivity contribution < 1.29 is 20.8 Å². The number of benzene rings is 4. The van der Waals surface area contributed by atoms with Crippen LogP contribution in [-0.4, -0.2) is 9.52 Å². The predicted octanol–water partition coefficient (Wildman–Crippen LogP) is 18.5. The minimum atomic E-state index is -0.826. The minimum absolute atomic E-state index is 0.514. The van der Waals surface area contributed by atoms with Gasteiger partial charge >= 0.3 is 37.9 Å². The van der Waals surface area contributed by atoms with Crippen molar-refractivity contribution in [3.05, 3.63) is 129 Å². The van der Waals surface area contributed by atoms with Gasteiger partial charge in [-0.3, -0.25) is 0 Å². The summed E-state index contributed by atoms with van der Waals surface area (Å²) in [6.45, 7) is 36.4. The summed E-state index contributed by atoms with van der Waals surface area (Å²) >= 11 is -0.826. The molecule has 0 saturated carbocycles. The van der Waals surface area contributed by atoms with Gasteiger partial charge < -0.3 is 0 Å². The van der Waals surface area contributed by atoms with Crippen molar-refractivity contribution in [2.75, 3.05) is 0 Å². The fourth-order valence-electron chi connectivity index (χ4n) is 7.71. The number of hydrogen-bond donors (Lipinski definition) is 0. The molecule has 0 aliphatic carbocycles. The van der Waals surface area contributed by atoms with Gasteiger partial charge in [0.25, 0.3) is 0 Å². The van der Waals surface area contributed by atoms with Crippen LogP contribution in [0, 0.1) is 0 Å². The molecule has 6 rings (SSSR count). The third kappa shape index (κ3) is 12.9. The van der Waals surface area contributed by atoms with Crippen LogP contribution in [0.5, 0.6) is 0 Å². The van der Waals surface area contributed by atoms with Gasteiger partial charge in [0.15, 0.2) is 0 Å². The molecule has 0 bridgehead atoms. The van der Waals surface area contributed by atoms with Gasteiger partial charge in [-0.25, -0.2) is 0 Å². The van der Waals surface area contributed by atoms with Crippen LogP contribution in [0.2, 0.25) is 13.1 Å². The molecule has 0 nitrogen and oxygen atoms in total. The second-order valence-electron chi connectivity index (χ2n) is 17.8. The summed E-state index contributed by atoms with van der Waals surface area (Å²) in [5, 5.41) is 5.59. The maximum absolute atomic E-state index is 4.93. The van der Waals surface area contributed by atoms with Gasteiger partial charge in [0.05, 0.1) is 0 Å². The topological polar surface area (TPSA) is 0 Å². The molecule has 2 radical (unpaired) electrons. The monoisotopic (exact) mass is 908 g/mol. The van der Waals surface area contributed by atoms with E-state index in [-0.39, 0.29) is 0 Å². The summed E-state index contributed by atoms with van der Waals surface area (Å²) in [7, 11) is 11.0. The van der Waals surface area contributed by atoms with Crippen molar-refractivity contribution in [1.82, 2.24) is 0 Å². The molecule has 58 heavy (non-hydrogen) atoms. The van der Waals surface area contributed by atoms with Gasteiger partial charge in [0.1, 0.15) is 0 Å². The van der Waals surface area contributed by atoms with E-state index in [0.29, 0.717) is 35.5 Å². The van der Waals surface area contributed by atoms with Gasteiger partial charge in [0.2, 0.25) is 0 Å². The Kier molecular flexibility index (Phi) is 20.5. The normalized spacial score (nSPS) is 11.3. The van der Waals surface area contributed by atoms with Crippen molar-refractivity contribution in [1.29, 1.82) is 0 Å². The van der Waals surface area contributed by atoms with E-state index in [1.165, 1.54) is 88.3 Å². The third-order valence-electron chi connectivity index (χ3n) is 11.2. The Morgan fingerprint density at radius 1 is 0.466 bits per heavy atom. The summed E-state index contributed by atoms with van der Waals surface area (Å²) in [6.07, 6.45) is 2.18. The Morgan fingerprint density at radius 2 is 0.741 bits per heavy atom. The fraction of sp³-hybridized carbons (Fsp3) is 0.444. The Bertz CT molecular complexity index is 1970. The molecule has 0 saturated heterocycles. The molecule has 0 aromatic heterocycles. The van der Waals surface area contributed by atoms with Crippen LogP contribution in [0.1, 0.15) is 177 Å². The average molecular weight is 911 g/mol. The van der Waals surface area contributed by atoms with Crippen molar-refractivity contribution in [3.8, 4) is 22.3 Å². The van der Waals surface area contributed by atoms with Crippen LogP contribution in [0.4, 0.5) is 0 Å². The van der Waals surface area contributed by atoms with E-state index >= 15 is 0 Å². The zero-order chi connectivity index (χ0) is 43.4. The zero-order valence-corrected chi connectivity index (χ0v) is 43.7. The molecule has 0 unspecified atom stereocenters. The third-order valence-corrected chi connectivity index (χ3v) is 11.2. The number of aryl methyl sites for hydroxylation is 2. The number of fused-ring (bicyclic) bond motifs is 2. The second kappa shape index (κ2) is 23.7. The second-order valence-corrected chi connectivity index (χ2v) is 22.5. The summed E-state index contributed by atoms with van der Waals surface area (Å²) < 4.78 is 0. The van der Waals surface area contributed by atoms with Crippen molar-refractivity contribution in [2.45, 2.75) is 158 Å². The molecule has 4 heteroatoms. The summed E-state index contributed by atoms with van der Waals surface area (Å²) in [5.41, 5.74) is 17.2. The van der Waals surface area contributed by atoms with E-state index in [1.54, 1.807) is 0 Å². The molecule has 0 atom stereocenters. The Morgan fingerprint density at radius 3 is 0.966 bits per heavy atom. The molecule has 6 aromatic carbocycles. The molecular weight excluding hydrogens is 839 g/mol. The van der Waals surface area contributed by atoms with E-state index in [1.807, 2.05) is 0 Å². The first-order valence-electron chi connectivity index (χ1n) is 21.8. The molecule has 0 spiro atoms. The number of hydrogen-bond acceptors (Lipinski definition) is 0. The molecule has 0 aliphatic heterocycles. The summed E-state index contributed by atoms with van der Waals surface area (Å²) in [5.74, 6) is 3.19. The van der Waals surface area contributed by atoms with Gasteiger partial charge in [-0.15, -0.1) is 69.1 Å². The Hall–Kier alpha value is -2.22. The van der Waals surface area contributed by atoms with Crippen LogP contribution in [0.25, 0.3) is 43.8 Å². The van der Waals surface area contributed by atoms with Crippen LogP contribution in [0.3, 0.4) is 0 Å². The van der Waals surface area contributed by atoms with Gasteiger partial charge in [-0.2, -0.15) is 12.1 Å². The van der Waals surface area contributed by atoms with E-state index < -0.39 is 20.8 Å². The first-order valence-corrected chi connectivity index (χ1v) is 30.1. The van der Waals surface area contributed by atoms with E-state index in [2.05, 4.69) is 195 Å². The zero-order valence-electron chi connectivity index (χ0n) is 38.7. The molecule has 6 aromatic rings. The van der Waals surface area contributed by atoms with Crippen molar-refractivity contribution in [3.63, 3.8) is 0 Å². The molecular formula is C54H72Cl2SiZr. The van der Waals surface area contributed by atoms with E-state index in [4.69, 9.17) is 17.0 Å². The predicted molar refractivity (Wildman–Crippen MR) is 262 cm³/mol. The molecule has 0 fully saturated rings. The standard InChI is InChI=1S/2C26H33.C2H6Si.2ClH.Zr/c2*1-8-19-11-20-9-10-24(18(6)7)26(25(20)12-19)23-14-21(16(2)3)13-22(15-23)17(4)5;1-3-2;;;/h2*9-18H,8H2,1-7H3;1-2H3;2*1H;/q2*-1;;;;+4/p-2. The summed E-state index contributed by atoms with van der Waals surface area (Å²) in [4.78, 5) is 0. The average Bonchev–Trinajstić information content (AvgIpc) is 3.81. The van der Waals surface area contributed by atoms with Gasteiger partial charge in [-0.05, 0) is 81.7 Å². The number of halogens is 2. The summed E-state index contributed by atoms with van der Waals surface area (Å²) in [6, 6.07) is 33.4. The molecule has 0 N–H and O–H groups in total.